The second-order valence-corrected chi connectivity index (χ2v) is 5.44. The fourth-order valence-electron chi connectivity index (χ4n) is 1.62. The van der Waals surface area contributed by atoms with Crippen LogP contribution in [-0.2, 0) is 0 Å². The van der Waals surface area contributed by atoms with Crippen molar-refractivity contribution in [2.24, 2.45) is 0 Å². The third-order valence-electron chi connectivity index (χ3n) is 2.74. The molecule has 2 nitrogen and oxygen atoms in total. The molecule has 1 rings (SSSR count). The van der Waals surface area contributed by atoms with Crippen molar-refractivity contribution in [2.75, 3.05) is 13.7 Å². The largest absolute Gasteiger partial charge is 0.496 e. The molecule has 0 saturated carbocycles. The third-order valence-corrected chi connectivity index (χ3v) is 3.36. The van der Waals surface area contributed by atoms with E-state index in [1.807, 2.05) is 6.07 Å². The topological polar surface area (TPSA) is 21.3 Å². The predicted molar refractivity (Wildman–Crippen MR) is 82.1 cm³/mol. The molecule has 0 heterocycles. The summed E-state index contributed by atoms with van der Waals surface area (Å²) in [4.78, 5) is 0. The number of benzene rings is 1. The summed E-state index contributed by atoms with van der Waals surface area (Å²) in [5, 5.41) is 3.45. The van der Waals surface area contributed by atoms with Gasteiger partial charge < -0.3 is 10.1 Å². The van der Waals surface area contributed by atoms with Crippen molar-refractivity contribution >= 4 is 22.0 Å². The number of methoxy groups -OCH3 is 1. The maximum atomic E-state index is 5.23. The SMILES string of the molecule is CCC(=Cc1ccc(OC)c(Br)c1)CNC(C)C. The molecule has 0 atom stereocenters. The van der Waals surface area contributed by atoms with Crippen molar-refractivity contribution in [2.45, 2.75) is 33.2 Å². The average Bonchev–Trinajstić information content (AvgIpc) is 2.34. The minimum absolute atomic E-state index is 0.516. The standard InChI is InChI=1S/C15H22BrNO/c1-5-12(10-17-11(2)3)8-13-6-7-15(18-4)14(16)9-13/h6-9,11,17H,5,10H2,1-4H3. The van der Waals surface area contributed by atoms with Gasteiger partial charge in [-0.2, -0.15) is 0 Å². The molecule has 0 radical (unpaired) electrons. The first-order valence-corrected chi connectivity index (χ1v) is 7.12. The molecule has 0 fully saturated rings. The summed E-state index contributed by atoms with van der Waals surface area (Å²) in [6.45, 7) is 7.46. The second-order valence-electron chi connectivity index (χ2n) is 4.59. The summed E-state index contributed by atoms with van der Waals surface area (Å²) in [6.07, 6.45) is 3.29. The summed E-state index contributed by atoms with van der Waals surface area (Å²) in [6, 6.07) is 6.67. The van der Waals surface area contributed by atoms with Crippen LogP contribution in [0.4, 0.5) is 0 Å². The number of ether oxygens (including phenoxy) is 1. The molecule has 0 amide bonds. The molecule has 1 aromatic rings. The zero-order valence-electron chi connectivity index (χ0n) is 11.6. The molecule has 0 spiro atoms. The van der Waals surface area contributed by atoms with Gasteiger partial charge in [-0.15, -0.1) is 0 Å². The van der Waals surface area contributed by atoms with E-state index in [0.717, 1.165) is 23.2 Å². The maximum absolute atomic E-state index is 5.23. The van der Waals surface area contributed by atoms with E-state index in [1.165, 1.54) is 11.1 Å². The van der Waals surface area contributed by atoms with Crippen LogP contribution in [0.15, 0.2) is 28.2 Å². The van der Waals surface area contributed by atoms with Gasteiger partial charge in [0, 0.05) is 12.6 Å². The summed E-state index contributed by atoms with van der Waals surface area (Å²) in [5.41, 5.74) is 2.60. The lowest BCUT2D eigenvalue weighted by Gasteiger charge is -2.11. The first-order valence-electron chi connectivity index (χ1n) is 6.33. The van der Waals surface area contributed by atoms with Gasteiger partial charge in [0.2, 0.25) is 0 Å². The lowest BCUT2D eigenvalue weighted by atomic mass is 10.1. The highest BCUT2D eigenvalue weighted by Crippen LogP contribution is 2.26. The Morgan fingerprint density at radius 3 is 2.67 bits per heavy atom. The summed E-state index contributed by atoms with van der Waals surface area (Å²) in [7, 11) is 1.68. The molecular weight excluding hydrogens is 290 g/mol. The molecule has 100 valence electrons. The average molecular weight is 312 g/mol. The van der Waals surface area contributed by atoms with Gasteiger partial charge in [-0.05, 0) is 40.0 Å². The van der Waals surface area contributed by atoms with Crippen LogP contribution in [0.3, 0.4) is 0 Å². The van der Waals surface area contributed by atoms with Crippen LogP contribution in [0.1, 0.15) is 32.8 Å². The highest BCUT2D eigenvalue weighted by Gasteiger charge is 2.01. The van der Waals surface area contributed by atoms with Crippen LogP contribution in [-0.4, -0.2) is 19.7 Å². The van der Waals surface area contributed by atoms with E-state index in [1.54, 1.807) is 7.11 Å². The Morgan fingerprint density at radius 1 is 1.44 bits per heavy atom. The molecule has 1 N–H and O–H groups in total. The monoisotopic (exact) mass is 311 g/mol. The first-order chi connectivity index (χ1) is 8.56. The smallest absolute Gasteiger partial charge is 0.133 e. The van der Waals surface area contributed by atoms with Crippen molar-refractivity contribution < 1.29 is 4.74 Å². The minimum atomic E-state index is 0.516. The van der Waals surface area contributed by atoms with Crippen LogP contribution >= 0.6 is 15.9 Å². The molecular formula is C15H22BrNO. The van der Waals surface area contributed by atoms with E-state index in [4.69, 9.17) is 4.74 Å². The number of hydrogen-bond donors (Lipinski definition) is 1. The van der Waals surface area contributed by atoms with Gasteiger partial charge in [0.1, 0.15) is 5.75 Å². The fourth-order valence-corrected chi connectivity index (χ4v) is 2.18. The molecule has 0 bridgehead atoms. The number of hydrogen-bond acceptors (Lipinski definition) is 2. The molecule has 0 aromatic heterocycles. The van der Waals surface area contributed by atoms with Gasteiger partial charge in [0.05, 0.1) is 11.6 Å². The third kappa shape index (κ3) is 4.83. The van der Waals surface area contributed by atoms with Crippen molar-refractivity contribution in [1.82, 2.24) is 5.32 Å². The van der Waals surface area contributed by atoms with Gasteiger partial charge in [-0.25, -0.2) is 0 Å². The Hall–Kier alpha value is -0.800. The number of nitrogens with one attached hydrogen (secondary N) is 1. The normalized spacial score (nSPS) is 12.0. The summed E-state index contributed by atoms with van der Waals surface area (Å²) < 4.78 is 6.22. The fraction of sp³-hybridized carbons (Fsp3) is 0.467. The van der Waals surface area contributed by atoms with Gasteiger partial charge in [-0.3, -0.25) is 0 Å². The van der Waals surface area contributed by atoms with E-state index >= 15 is 0 Å². The number of rotatable bonds is 6. The minimum Gasteiger partial charge on any atom is -0.496 e. The van der Waals surface area contributed by atoms with E-state index in [9.17, 15) is 0 Å². The Balaban J connectivity index is 2.81. The zero-order chi connectivity index (χ0) is 13.5. The van der Waals surface area contributed by atoms with Crippen molar-refractivity contribution in [3.63, 3.8) is 0 Å². The molecule has 0 aliphatic carbocycles. The van der Waals surface area contributed by atoms with E-state index in [0.29, 0.717) is 6.04 Å². The Labute approximate surface area is 119 Å². The van der Waals surface area contributed by atoms with E-state index in [2.05, 4.69) is 60.2 Å². The predicted octanol–water partition coefficient (Wildman–Crippen LogP) is 4.25. The Morgan fingerprint density at radius 2 is 2.17 bits per heavy atom. The van der Waals surface area contributed by atoms with Crippen molar-refractivity contribution in [3.05, 3.63) is 33.8 Å². The van der Waals surface area contributed by atoms with Gasteiger partial charge >= 0.3 is 0 Å². The summed E-state index contributed by atoms with van der Waals surface area (Å²) in [5.74, 6) is 0.866. The highest BCUT2D eigenvalue weighted by atomic mass is 79.9. The van der Waals surface area contributed by atoms with Crippen LogP contribution in [0, 0.1) is 0 Å². The molecule has 0 saturated heterocycles. The number of halogens is 1. The Kier molecular flexibility index (Phi) is 6.44. The van der Waals surface area contributed by atoms with Gasteiger partial charge in [0.25, 0.3) is 0 Å². The van der Waals surface area contributed by atoms with Crippen molar-refractivity contribution in [1.29, 1.82) is 0 Å². The summed E-state index contributed by atoms with van der Waals surface area (Å²) >= 11 is 3.51. The van der Waals surface area contributed by atoms with Crippen LogP contribution in [0.5, 0.6) is 5.75 Å². The molecule has 3 heteroatoms. The van der Waals surface area contributed by atoms with Gasteiger partial charge in [0.15, 0.2) is 0 Å². The quantitative estimate of drug-likeness (QED) is 0.848. The Bertz CT molecular complexity index is 413. The van der Waals surface area contributed by atoms with Crippen LogP contribution in [0.25, 0.3) is 6.08 Å². The first kappa shape index (κ1) is 15.3. The van der Waals surface area contributed by atoms with Crippen LogP contribution in [0.2, 0.25) is 0 Å². The van der Waals surface area contributed by atoms with Crippen molar-refractivity contribution in [3.8, 4) is 5.75 Å². The lowest BCUT2D eigenvalue weighted by molar-refractivity contribution is 0.412. The van der Waals surface area contributed by atoms with Gasteiger partial charge in [-0.1, -0.05) is 38.5 Å². The molecule has 0 unspecified atom stereocenters. The molecule has 18 heavy (non-hydrogen) atoms. The zero-order valence-corrected chi connectivity index (χ0v) is 13.2. The lowest BCUT2D eigenvalue weighted by Crippen LogP contribution is -2.24. The van der Waals surface area contributed by atoms with E-state index in [-0.39, 0.29) is 0 Å². The molecule has 1 aromatic carbocycles. The van der Waals surface area contributed by atoms with E-state index < -0.39 is 0 Å². The molecule has 0 aliphatic rings. The highest BCUT2D eigenvalue weighted by molar-refractivity contribution is 9.10. The second kappa shape index (κ2) is 7.59. The molecule has 0 aliphatic heterocycles. The van der Waals surface area contributed by atoms with Crippen LogP contribution < -0.4 is 10.1 Å². The maximum Gasteiger partial charge on any atom is 0.133 e.